The molecule has 5 heteroatoms. The molecule has 1 aliphatic heterocycles. The average Bonchev–Trinajstić information content (AvgIpc) is 1.93. The first-order valence-corrected chi connectivity index (χ1v) is 3.29. The lowest BCUT2D eigenvalue weighted by Crippen LogP contribution is -2.56. The highest BCUT2D eigenvalue weighted by Gasteiger charge is 2.55. The molecule has 0 radical (unpaired) electrons. The molecule has 0 aliphatic carbocycles. The van der Waals surface area contributed by atoms with Gasteiger partial charge in [-0.2, -0.15) is 0 Å². The molecule has 0 aromatic rings. The van der Waals surface area contributed by atoms with Gasteiger partial charge in [-0.05, 0) is 20.8 Å². The number of aliphatic hydroxyl groups is 1. The summed E-state index contributed by atoms with van der Waals surface area (Å²) >= 11 is 0. The number of hydrogen-bond donors (Lipinski definition) is 2. The van der Waals surface area contributed by atoms with E-state index in [4.69, 9.17) is 10.6 Å². The number of hydrogen-bond acceptors (Lipinski definition) is 4. The number of carbonyl (C=O) groups is 1. The summed E-state index contributed by atoms with van der Waals surface area (Å²) < 4.78 is 4.79. The van der Waals surface area contributed by atoms with Crippen LogP contribution in [0.4, 0.5) is 4.79 Å². The van der Waals surface area contributed by atoms with Crippen molar-refractivity contribution >= 4 is 6.09 Å². The van der Waals surface area contributed by atoms with Crippen LogP contribution in [0.2, 0.25) is 0 Å². The van der Waals surface area contributed by atoms with Gasteiger partial charge >= 0.3 is 6.09 Å². The predicted octanol–water partition coefficient (Wildman–Crippen LogP) is -0.201. The fraction of sp³-hybridized carbons (Fsp3) is 0.833. The summed E-state index contributed by atoms with van der Waals surface area (Å²) in [4.78, 5) is 10.8. The third-order valence-electron chi connectivity index (χ3n) is 2.15. The van der Waals surface area contributed by atoms with E-state index < -0.39 is 17.4 Å². The molecule has 1 heterocycles. The van der Waals surface area contributed by atoms with E-state index >= 15 is 0 Å². The Labute approximate surface area is 64.7 Å². The lowest BCUT2D eigenvalue weighted by atomic mass is 9.97. The van der Waals surface area contributed by atoms with Crippen molar-refractivity contribution in [3.05, 3.63) is 0 Å². The SMILES string of the molecule is CC1(C)OC(=O)N(N)C1(C)O. The van der Waals surface area contributed by atoms with Crippen molar-refractivity contribution in [3.8, 4) is 0 Å². The molecule has 1 saturated heterocycles. The quantitative estimate of drug-likeness (QED) is 0.380. The summed E-state index contributed by atoms with van der Waals surface area (Å²) in [6.07, 6.45) is -0.708. The summed E-state index contributed by atoms with van der Waals surface area (Å²) in [5, 5.41) is 10.3. The van der Waals surface area contributed by atoms with Crippen molar-refractivity contribution in [3.63, 3.8) is 0 Å². The first kappa shape index (κ1) is 8.29. The summed E-state index contributed by atoms with van der Waals surface area (Å²) in [7, 11) is 0. The number of cyclic esters (lactones) is 1. The van der Waals surface area contributed by atoms with E-state index in [1.807, 2.05) is 0 Å². The van der Waals surface area contributed by atoms with Crippen LogP contribution in [0.3, 0.4) is 0 Å². The van der Waals surface area contributed by atoms with Crippen molar-refractivity contribution in [2.75, 3.05) is 0 Å². The lowest BCUT2D eigenvalue weighted by molar-refractivity contribution is -0.127. The zero-order valence-electron chi connectivity index (χ0n) is 6.79. The highest BCUT2D eigenvalue weighted by atomic mass is 16.6. The van der Waals surface area contributed by atoms with Crippen LogP contribution in [-0.2, 0) is 4.74 Å². The van der Waals surface area contributed by atoms with Gasteiger partial charge in [0.1, 0.15) is 0 Å². The smallest absolute Gasteiger partial charge is 0.427 e. The summed E-state index contributed by atoms with van der Waals surface area (Å²) in [5.41, 5.74) is -2.40. The van der Waals surface area contributed by atoms with E-state index in [0.29, 0.717) is 5.01 Å². The number of ether oxygens (including phenoxy) is 1. The minimum atomic E-state index is -1.44. The van der Waals surface area contributed by atoms with Gasteiger partial charge in [0.05, 0.1) is 0 Å². The fourth-order valence-electron chi connectivity index (χ4n) is 0.832. The topological polar surface area (TPSA) is 75.8 Å². The van der Waals surface area contributed by atoms with E-state index in [-0.39, 0.29) is 0 Å². The molecule has 64 valence electrons. The lowest BCUT2D eigenvalue weighted by Gasteiger charge is -2.31. The van der Waals surface area contributed by atoms with Gasteiger partial charge in [0.2, 0.25) is 0 Å². The molecule has 0 aromatic heterocycles. The molecular formula is C6H12N2O3. The first-order valence-electron chi connectivity index (χ1n) is 3.29. The maximum Gasteiger partial charge on any atom is 0.427 e. The maximum atomic E-state index is 10.8. The Morgan fingerprint density at radius 3 is 2.09 bits per heavy atom. The van der Waals surface area contributed by atoms with Crippen molar-refractivity contribution in [2.24, 2.45) is 5.84 Å². The molecular weight excluding hydrogens is 148 g/mol. The second-order valence-corrected chi connectivity index (χ2v) is 3.27. The zero-order chi connectivity index (χ0) is 8.86. The van der Waals surface area contributed by atoms with Gasteiger partial charge in [0.25, 0.3) is 0 Å². The molecule has 1 atom stereocenters. The Hall–Kier alpha value is -0.810. The first-order chi connectivity index (χ1) is 4.79. The highest BCUT2D eigenvalue weighted by Crippen LogP contribution is 2.34. The van der Waals surface area contributed by atoms with E-state index in [9.17, 15) is 9.90 Å². The molecule has 1 rings (SSSR count). The van der Waals surface area contributed by atoms with Crippen molar-refractivity contribution < 1.29 is 14.6 Å². The molecule has 1 fully saturated rings. The van der Waals surface area contributed by atoms with E-state index in [0.717, 1.165) is 0 Å². The number of nitrogens with zero attached hydrogens (tertiary/aromatic N) is 1. The van der Waals surface area contributed by atoms with E-state index in [1.165, 1.54) is 6.92 Å². The van der Waals surface area contributed by atoms with Crippen LogP contribution in [0.25, 0.3) is 0 Å². The molecule has 1 amide bonds. The standard InChI is InChI=1S/C6H12N2O3/c1-5(2)6(3,10)8(7)4(9)11-5/h10H,7H2,1-3H3. The predicted molar refractivity (Wildman–Crippen MR) is 37.2 cm³/mol. The number of carbonyl (C=O) groups excluding carboxylic acids is 1. The number of nitrogens with two attached hydrogens (primary N) is 1. The second-order valence-electron chi connectivity index (χ2n) is 3.27. The van der Waals surface area contributed by atoms with Crippen molar-refractivity contribution in [1.29, 1.82) is 0 Å². The van der Waals surface area contributed by atoms with E-state index in [1.54, 1.807) is 13.8 Å². The zero-order valence-corrected chi connectivity index (χ0v) is 6.79. The normalized spacial score (nSPS) is 35.7. The Bertz CT molecular complexity index is 200. The van der Waals surface area contributed by atoms with Gasteiger partial charge in [0.15, 0.2) is 11.3 Å². The summed E-state index contributed by atoms with van der Waals surface area (Å²) in [5.74, 6) is 5.24. The maximum absolute atomic E-state index is 10.8. The van der Waals surface area contributed by atoms with E-state index in [2.05, 4.69) is 0 Å². The molecule has 5 nitrogen and oxygen atoms in total. The van der Waals surface area contributed by atoms with Crippen molar-refractivity contribution in [2.45, 2.75) is 32.1 Å². The van der Waals surface area contributed by atoms with Crippen molar-refractivity contribution in [1.82, 2.24) is 5.01 Å². The third-order valence-corrected chi connectivity index (χ3v) is 2.15. The fourth-order valence-corrected chi connectivity index (χ4v) is 0.832. The summed E-state index contributed by atoms with van der Waals surface area (Å²) in [6, 6.07) is 0. The van der Waals surface area contributed by atoms with Crippen LogP contribution in [0, 0.1) is 0 Å². The van der Waals surface area contributed by atoms with Gasteiger partial charge in [-0.15, -0.1) is 0 Å². The Morgan fingerprint density at radius 1 is 1.55 bits per heavy atom. The number of hydrazine groups is 1. The molecule has 0 saturated carbocycles. The molecule has 1 aliphatic rings. The average molecular weight is 160 g/mol. The third kappa shape index (κ3) is 0.883. The van der Waals surface area contributed by atoms with Crippen LogP contribution >= 0.6 is 0 Å². The Kier molecular flexibility index (Phi) is 1.40. The van der Waals surface area contributed by atoms with Gasteiger partial charge in [-0.1, -0.05) is 0 Å². The van der Waals surface area contributed by atoms with Crippen LogP contribution in [0.15, 0.2) is 0 Å². The Morgan fingerprint density at radius 2 is 2.00 bits per heavy atom. The minimum absolute atomic E-state index is 0.688. The van der Waals surface area contributed by atoms with Crippen LogP contribution in [-0.4, -0.2) is 27.5 Å². The summed E-state index contributed by atoms with van der Waals surface area (Å²) in [6.45, 7) is 4.62. The van der Waals surface area contributed by atoms with Gasteiger partial charge in [0, 0.05) is 0 Å². The molecule has 0 bridgehead atoms. The van der Waals surface area contributed by atoms with Gasteiger partial charge < -0.3 is 9.84 Å². The van der Waals surface area contributed by atoms with Crippen LogP contribution < -0.4 is 5.84 Å². The highest BCUT2D eigenvalue weighted by molar-refractivity contribution is 5.71. The molecule has 11 heavy (non-hydrogen) atoms. The largest absolute Gasteiger partial charge is 0.437 e. The molecule has 0 spiro atoms. The second kappa shape index (κ2) is 1.86. The number of rotatable bonds is 0. The van der Waals surface area contributed by atoms with Gasteiger partial charge in [-0.25, -0.2) is 15.6 Å². The molecule has 3 N–H and O–H groups in total. The number of amides is 1. The van der Waals surface area contributed by atoms with Crippen LogP contribution in [0.1, 0.15) is 20.8 Å². The van der Waals surface area contributed by atoms with Gasteiger partial charge in [-0.3, -0.25) is 0 Å². The molecule has 0 aromatic carbocycles. The minimum Gasteiger partial charge on any atom is -0.437 e. The molecule has 1 unspecified atom stereocenters. The van der Waals surface area contributed by atoms with Crippen LogP contribution in [0.5, 0.6) is 0 Å². The Balaban J connectivity index is 3.01. The monoisotopic (exact) mass is 160 g/mol.